The first-order valence-electron chi connectivity index (χ1n) is 9.15. The summed E-state index contributed by atoms with van der Waals surface area (Å²) >= 11 is 0. The Bertz CT molecular complexity index is 787. The topological polar surface area (TPSA) is 81.3 Å². The van der Waals surface area contributed by atoms with Crippen LogP contribution in [0.15, 0.2) is 29.4 Å². The van der Waals surface area contributed by atoms with Crippen molar-refractivity contribution in [3.63, 3.8) is 0 Å². The van der Waals surface area contributed by atoms with Crippen molar-refractivity contribution in [3.8, 4) is 0 Å². The second-order valence-electron chi connectivity index (χ2n) is 6.62. The fourth-order valence-electron chi connectivity index (χ4n) is 2.88. The van der Waals surface area contributed by atoms with Gasteiger partial charge in [-0.3, -0.25) is 9.79 Å². The van der Waals surface area contributed by atoms with Gasteiger partial charge in [0.05, 0.1) is 0 Å². The second-order valence-corrected chi connectivity index (χ2v) is 6.62. The van der Waals surface area contributed by atoms with Gasteiger partial charge in [-0.05, 0) is 49.4 Å². The van der Waals surface area contributed by atoms with Crippen molar-refractivity contribution in [1.82, 2.24) is 20.9 Å². The van der Waals surface area contributed by atoms with E-state index in [1.807, 2.05) is 6.20 Å². The van der Waals surface area contributed by atoms with Gasteiger partial charge < -0.3 is 20.9 Å². The lowest BCUT2D eigenvalue weighted by atomic mass is 10.1. The maximum atomic E-state index is 13.2. The van der Waals surface area contributed by atoms with Crippen LogP contribution in [0.1, 0.15) is 31.2 Å². The molecule has 1 saturated carbocycles. The molecule has 0 unspecified atom stereocenters. The van der Waals surface area contributed by atoms with Crippen molar-refractivity contribution in [2.24, 2.45) is 4.99 Å². The number of carbonyl (C=O) groups excluding carboxylic acids is 1. The third-order valence-electron chi connectivity index (χ3n) is 4.46. The van der Waals surface area contributed by atoms with E-state index in [-0.39, 0.29) is 35.7 Å². The Morgan fingerprint density at radius 1 is 1.30 bits per heavy atom. The summed E-state index contributed by atoms with van der Waals surface area (Å²) in [4.78, 5) is 18.9. The number of aromatic nitrogens is 1. The highest BCUT2D eigenvalue weighted by Crippen LogP contribution is 2.19. The first-order valence-corrected chi connectivity index (χ1v) is 9.15. The predicted molar refractivity (Wildman–Crippen MR) is 117 cm³/mol. The number of rotatable bonds is 8. The highest BCUT2D eigenvalue weighted by molar-refractivity contribution is 14.0. The molecule has 0 saturated heterocycles. The summed E-state index contributed by atoms with van der Waals surface area (Å²) in [6, 6.07) is 5.21. The van der Waals surface area contributed by atoms with Crippen molar-refractivity contribution < 1.29 is 9.18 Å². The van der Waals surface area contributed by atoms with E-state index in [0.717, 1.165) is 48.1 Å². The molecule has 1 aromatic heterocycles. The molecule has 0 aliphatic heterocycles. The molecule has 0 spiro atoms. The molecule has 0 bridgehead atoms. The van der Waals surface area contributed by atoms with Gasteiger partial charge in [0.15, 0.2) is 5.96 Å². The van der Waals surface area contributed by atoms with E-state index < -0.39 is 0 Å². The molecular weight excluding hydrogens is 460 g/mol. The Kier molecular flexibility index (Phi) is 8.33. The number of aromatic amines is 1. The van der Waals surface area contributed by atoms with Crippen molar-refractivity contribution in [3.05, 3.63) is 35.8 Å². The number of carbonyl (C=O) groups is 1. The van der Waals surface area contributed by atoms with Gasteiger partial charge in [0.25, 0.3) is 0 Å². The Labute approximate surface area is 175 Å². The number of benzene rings is 1. The number of nitrogens with zero attached hydrogens (tertiary/aromatic N) is 1. The van der Waals surface area contributed by atoms with Crippen molar-refractivity contribution in [2.45, 2.75) is 38.1 Å². The van der Waals surface area contributed by atoms with E-state index in [1.54, 1.807) is 13.1 Å². The fraction of sp³-hybridized carbons (Fsp3) is 0.474. The largest absolute Gasteiger partial charge is 0.361 e. The fourth-order valence-corrected chi connectivity index (χ4v) is 2.88. The van der Waals surface area contributed by atoms with E-state index in [2.05, 4.69) is 25.9 Å². The lowest BCUT2D eigenvalue weighted by Gasteiger charge is -2.11. The number of H-pyrrole nitrogens is 1. The van der Waals surface area contributed by atoms with Gasteiger partial charge in [-0.15, -0.1) is 24.0 Å². The second kappa shape index (κ2) is 10.5. The first kappa shape index (κ1) is 21.5. The van der Waals surface area contributed by atoms with Gasteiger partial charge in [0, 0.05) is 49.7 Å². The molecule has 27 heavy (non-hydrogen) atoms. The van der Waals surface area contributed by atoms with E-state index >= 15 is 0 Å². The van der Waals surface area contributed by atoms with Crippen molar-refractivity contribution in [1.29, 1.82) is 0 Å². The van der Waals surface area contributed by atoms with Crippen LogP contribution in [0.25, 0.3) is 10.9 Å². The van der Waals surface area contributed by atoms with Crippen LogP contribution in [0.5, 0.6) is 0 Å². The highest BCUT2D eigenvalue weighted by atomic mass is 127. The standard InChI is InChI=1S/C19H26FN5O.HI/c1-21-19(22-9-2-3-18(26)25-15-5-6-15)23-10-8-13-12-24-17-11-14(20)4-7-16(13)17;/h4,7,11-12,15,24H,2-3,5-6,8-10H2,1H3,(H,25,26)(H2,21,22,23);1H. The predicted octanol–water partition coefficient (Wildman–Crippen LogP) is 2.69. The third-order valence-corrected chi connectivity index (χ3v) is 4.46. The zero-order chi connectivity index (χ0) is 18.4. The van der Waals surface area contributed by atoms with Gasteiger partial charge in [-0.25, -0.2) is 4.39 Å². The van der Waals surface area contributed by atoms with Crippen LogP contribution < -0.4 is 16.0 Å². The molecule has 148 valence electrons. The summed E-state index contributed by atoms with van der Waals surface area (Å²) in [5.74, 6) is 0.617. The number of hydrogen-bond donors (Lipinski definition) is 4. The minimum atomic E-state index is -0.237. The Morgan fingerprint density at radius 2 is 2.07 bits per heavy atom. The van der Waals surface area contributed by atoms with Crippen LogP contribution in [0.4, 0.5) is 4.39 Å². The van der Waals surface area contributed by atoms with Crippen LogP contribution in [0.3, 0.4) is 0 Å². The van der Waals surface area contributed by atoms with E-state index in [0.29, 0.717) is 25.6 Å². The lowest BCUT2D eigenvalue weighted by molar-refractivity contribution is -0.121. The summed E-state index contributed by atoms with van der Waals surface area (Å²) < 4.78 is 13.2. The van der Waals surface area contributed by atoms with E-state index in [4.69, 9.17) is 0 Å². The number of nitrogens with one attached hydrogen (secondary N) is 4. The van der Waals surface area contributed by atoms with Crippen LogP contribution in [0, 0.1) is 5.82 Å². The molecule has 1 aliphatic rings. The van der Waals surface area contributed by atoms with Crippen molar-refractivity contribution >= 4 is 46.7 Å². The highest BCUT2D eigenvalue weighted by Gasteiger charge is 2.22. The SMILES string of the molecule is CN=C(NCCCC(=O)NC1CC1)NCCc1c[nH]c2cc(F)ccc12.I. The number of halogens is 2. The van der Waals surface area contributed by atoms with Crippen LogP contribution >= 0.6 is 24.0 Å². The summed E-state index contributed by atoms with van der Waals surface area (Å²) in [6.07, 6.45) is 6.26. The molecule has 1 fully saturated rings. The average molecular weight is 487 g/mol. The van der Waals surface area contributed by atoms with E-state index in [1.165, 1.54) is 12.1 Å². The van der Waals surface area contributed by atoms with Gasteiger partial charge in [-0.2, -0.15) is 0 Å². The zero-order valence-electron chi connectivity index (χ0n) is 15.5. The molecule has 0 radical (unpaired) electrons. The molecule has 0 atom stereocenters. The van der Waals surface area contributed by atoms with E-state index in [9.17, 15) is 9.18 Å². The molecule has 1 aromatic carbocycles. The van der Waals surface area contributed by atoms with Gasteiger partial charge >= 0.3 is 0 Å². The molecule has 1 heterocycles. The summed E-state index contributed by atoms with van der Waals surface area (Å²) in [7, 11) is 1.73. The molecule has 8 heteroatoms. The van der Waals surface area contributed by atoms with Crippen molar-refractivity contribution in [2.75, 3.05) is 20.1 Å². The van der Waals surface area contributed by atoms with Crippen LogP contribution in [-0.2, 0) is 11.2 Å². The summed E-state index contributed by atoms with van der Waals surface area (Å²) in [5.41, 5.74) is 1.95. The maximum Gasteiger partial charge on any atom is 0.220 e. The smallest absolute Gasteiger partial charge is 0.220 e. The Morgan fingerprint density at radius 3 is 2.81 bits per heavy atom. The molecule has 2 aromatic rings. The van der Waals surface area contributed by atoms with Gasteiger partial charge in [0.1, 0.15) is 5.82 Å². The monoisotopic (exact) mass is 487 g/mol. The molecule has 4 N–H and O–H groups in total. The zero-order valence-corrected chi connectivity index (χ0v) is 17.8. The quantitative estimate of drug-likeness (QED) is 0.200. The number of hydrogen-bond acceptors (Lipinski definition) is 2. The Hall–Kier alpha value is -1.84. The molecule has 1 amide bonds. The summed E-state index contributed by atoms with van der Waals surface area (Å²) in [5, 5.41) is 10.5. The average Bonchev–Trinajstić information content (AvgIpc) is 3.35. The minimum Gasteiger partial charge on any atom is -0.361 e. The first-order chi connectivity index (χ1) is 12.7. The van der Waals surface area contributed by atoms with Gasteiger partial charge in [-0.1, -0.05) is 0 Å². The van der Waals surface area contributed by atoms with Crippen LogP contribution in [-0.4, -0.2) is 43.0 Å². The third kappa shape index (κ3) is 6.67. The minimum absolute atomic E-state index is 0. The number of amides is 1. The number of aliphatic imine (C=N–C) groups is 1. The number of fused-ring (bicyclic) bond motifs is 1. The van der Waals surface area contributed by atoms with Crippen LogP contribution in [0.2, 0.25) is 0 Å². The summed E-state index contributed by atoms with van der Waals surface area (Å²) in [6.45, 7) is 1.41. The lowest BCUT2D eigenvalue weighted by Crippen LogP contribution is -2.39. The maximum absolute atomic E-state index is 13.2. The van der Waals surface area contributed by atoms with Gasteiger partial charge in [0.2, 0.25) is 5.91 Å². The molecule has 6 nitrogen and oxygen atoms in total. The number of guanidine groups is 1. The normalized spacial score (nSPS) is 13.9. The molecular formula is C19H27FIN5O. The molecule has 1 aliphatic carbocycles. The molecule has 3 rings (SSSR count). The Balaban J connectivity index is 0.00000261.